The third-order valence-electron chi connectivity index (χ3n) is 2.66. The van der Waals surface area contributed by atoms with Crippen molar-refractivity contribution >= 4 is 28.9 Å². The van der Waals surface area contributed by atoms with Crippen LogP contribution in [0.2, 0.25) is 5.02 Å². The average molecular weight is 276 g/mol. The van der Waals surface area contributed by atoms with Gasteiger partial charge in [-0.15, -0.1) is 0 Å². The van der Waals surface area contributed by atoms with Gasteiger partial charge >= 0.3 is 0 Å². The summed E-state index contributed by atoms with van der Waals surface area (Å²) < 4.78 is 0. The van der Waals surface area contributed by atoms with E-state index in [0.29, 0.717) is 28.5 Å². The first kappa shape index (κ1) is 13.4. The molecule has 0 fully saturated rings. The monoisotopic (exact) mass is 275 g/mol. The largest absolute Gasteiger partial charge is 0.399 e. The van der Waals surface area contributed by atoms with Gasteiger partial charge in [-0.1, -0.05) is 23.7 Å². The molecule has 2 aromatic rings. The Balaban J connectivity index is 2.23. The quantitative estimate of drug-likeness (QED) is 0.753. The Morgan fingerprint density at radius 2 is 2.00 bits per heavy atom. The number of rotatable bonds is 3. The van der Waals surface area contributed by atoms with Gasteiger partial charge in [0.25, 0.3) is 5.91 Å². The molecule has 0 radical (unpaired) electrons. The number of nitrogens with one attached hydrogen (secondary N) is 1. The minimum Gasteiger partial charge on any atom is -0.399 e. The lowest BCUT2D eigenvalue weighted by Gasteiger charge is -2.08. The summed E-state index contributed by atoms with van der Waals surface area (Å²) in [5, 5.41) is 3.13. The van der Waals surface area contributed by atoms with Gasteiger partial charge in [0.1, 0.15) is 0 Å². The molecular weight excluding hydrogens is 262 g/mol. The normalized spacial score (nSPS) is 10.2. The Morgan fingerprint density at radius 1 is 1.21 bits per heavy atom. The average Bonchev–Trinajstić information content (AvgIpc) is 2.41. The van der Waals surface area contributed by atoms with Crippen LogP contribution >= 0.6 is 11.6 Å². The maximum atomic E-state index is 12.1. The molecule has 5 heteroatoms. The lowest BCUT2D eigenvalue weighted by molar-refractivity contribution is 0.102. The molecule has 2 aromatic carbocycles. The number of nitrogen functional groups attached to an aromatic ring is 1. The van der Waals surface area contributed by atoms with Gasteiger partial charge in [0.2, 0.25) is 0 Å². The highest BCUT2D eigenvalue weighted by molar-refractivity contribution is 6.34. The molecule has 0 bridgehead atoms. The van der Waals surface area contributed by atoms with E-state index in [-0.39, 0.29) is 5.91 Å². The van der Waals surface area contributed by atoms with Crippen LogP contribution in [0.4, 0.5) is 11.4 Å². The number of amides is 1. The van der Waals surface area contributed by atoms with Crippen molar-refractivity contribution in [2.75, 3.05) is 11.1 Å². The number of hydrogen-bond donors (Lipinski definition) is 3. The smallest absolute Gasteiger partial charge is 0.257 e. The van der Waals surface area contributed by atoms with Crippen LogP contribution in [-0.2, 0) is 6.54 Å². The SMILES string of the molecule is NCc1cccc(NC(=O)c2cc(N)ccc2Cl)c1. The van der Waals surface area contributed by atoms with Gasteiger partial charge in [-0.05, 0) is 35.9 Å². The van der Waals surface area contributed by atoms with E-state index < -0.39 is 0 Å². The van der Waals surface area contributed by atoms with Crippen molar-refractivity contribution in [3.05, 3.63) is 58.6 Å². The van der Waals surface area contributed by atoms with E-state index in [4.69, 9.17) is 23.1 Å². The fourth-order valence-corrected chi connectivity index (χ4v) is 1.89. The predicted octanol–water partition coefficient (Wildman–Crippen LogP) is 2.63. The summed E-state index contributed by atoms with van der Waals surface area (Å²) in [7, 11) is 0. The van der Waals surface area contributed by atoms with Crippen molar-refractivity contribution in [2.24, 2.45) is 5.73 Å². The highest BCUT2D eigenvalue weighted by Crippen LogP contribution is 2.20. The Bertz CT molecular complexity index is 613. The molecule has 0 saturated carbocycles. The molecule has 0 spiro atoms. The molecule has 1 amide bonds. The van der Waals surface area contributed by atoms with E-state index in [1.54, 1.807) is 24.3 Å². The van der Waals surface area contributed by atoms with Crippen molar-refractivity contribution in [1.82, 2.24) is 0 Å². The van der Waals surface area contributed by atoms with Crippen LogP contribution in [0, 0.1) is 0 Å². The zero-order valence-electron chi connectivity index (χ0n) is 10.2. The van der Waals surface area contributed by atoms with E-state index in [9.17, 15) is 4.79 Å². The Morgan fingerprint density at radius 3 is 2.74 bits per heavy atom. The first-order chi connectivity index (χ1) is 9.10. The summed E-state index contributed by atoms with van der Waals surface area (Å²) in [4.78, 5) is 12.1. The second-order valence-corrected chi connectivity index (χ2v) is 4.51. The minimum absolute atomic E-state index is 0.300. The fraction of sp³-hybridized carbons (Fsp3) is 0.0714. The number of nitrogens with two attached hydrogens (primary N) is 2. The van der Waals surface area contributed by atoms with Gasteiger partial charge in [-0.2, -0.15) is 0 Å². The zero-order chi connectivity index (χ0) is 13.8. The fourth-order valence-electron chi connectivity index (χ4n) is 1.69. The number of anilines is 2. The number of halogens is 1. The maximum Gasteiger partial charge on any atom is 0.257 e. The number of benzene rings is 2. The molecule has 0 aliphatic heterocycles. The van der Waals surface area contributed by atoms with Gasteiger partial charge in [0, 0.05) is 17.9 Å². The number of hydrogen-bond acceptors (Lipinski definition) is 3. The first-order valence-electron chi connectivity index (χ1n) is 5.75. The van der Waals surface area contributed by atoms with Gasteiger partial charge in [-0.25, -0.2) is 0 Å². The number of carbonyl (C=O) groups excluding carboxylic acids is 1. The summed E-state index contributed by atoms with van der Waals surface area (Å²) >= 11 is 5.98. The highest BCUT2D eigenvalue weighted by Gasteiger charge is 2.11. The molecule has 5 N–H and O–H groups in total. The topological polar surface area (TPSA) is 81.1 Å². The minimum atomic E-state index is -0.300. The zero-order valence-corrected chi connectivity index (χ0v) is 10.9. The van der Waals surface area contributed by atoms with Crippen LogP contribution in [0.25, 0.3) is 0 Å². The molecule has 2 rings (SSSR count). The molecule has 98 valence electrons. The van der Waals surface area contributed by atoms with Crippen molar-refractivity contribution in [3.63, 3.8) is 0 Å². The Hall–Kier alpha value is -2.04. The van der Waals surface area contributed by atoms with Gasteiger partial charge in [0.05, 0.1) is 10.6 Å². The first-order valence-corrected chi connectivity index (χ1v) is 6.13. The summed E-state index contributed by atoms with van der Waals surface area (Å²) in [5.74, 6) is -0.300. The summed E-state index contributed by atoms with van der Waals surface area (Å²) in [6, 6.07) is 12.1. The van der Waals surface area contributed by atoms with Crippen molar-refractivity contribution in [1.29, 1.82) is 0 Å². The van der Waals surface area contributed by atoms with Crippen LogP contribution in [0.5, 0.6) is 0 Å². The molecule has 19 heavy (non-hydrogen) atoms. The van der Waals surface area contributed by atoms with Gasteiger partial charge in [0.15, 0.2) is 0 Å². The molecule has 4 nitrogen and oxygen atoms in total. The van der Waals surface area contributed by atoms with Crippen LogP contribution in [0.3, 0.4) is 0 Å². The van der Waals surface area contributed by atoms with Crippen molar-refractivity contribution in [3.8, 4) is 0 Å². The summed E-state index contributed by atoms with van der Waals surface area (Å²) in [5.41, 5.74) is 13.7. The lowest BCUT2D eigenvalue weighted by Crippen LogP contribution is -2.13. The van der Waals surface area contributed by atoms with Crippen LogP contribution in [0.1, 0.15) is 15.9 Å². The van der Waals surface area contributed by atoms with E-state index in [1.165, 1.54) is 0 Å². The van der Waals surface area contributed by atoms with Crippen LogP contribution in [-0.4, -0.2) is 5.91 Å². The van der Waals surface area contributed by atoms with Gasteiger partial charge < -0.3 is 16.8 Å². The van der Waals surface area contributed by atoms with Crippen LogP contribution in [0.15, 0.2) is 42.5 Å². The maximum absolute atomic E-state index is 12.1. The molecule has 0 heterocycles. The second kappa shape index (κ2) is 5.73. The Labute approximate surface area is 116 Å². The van der Waals surface area contributed by atoms with Crippen LogP contribution < -0.4 is 16.8 Å². The van der Waals surface area contributed by atoms with E-state index in [2.05, 4.69) is 5.32 Å². The molecular formula is C14H14ClN3O. The predicted molar refractivity (Wildman–Crippen MR) is 78.2 cm³/mol. The second-order valence-electron chi connectivity index (χ2n) is 4.10. The van der Waals surface area contributed by atoms with E-state index in [1.807, 2.05) is 18.2 Å². The Kier molecular flexibility index (Phi) is 4.04. The molecule has 0 aliphatic rings. The third kappa shape index (κ3) is 3.24. The molecule has 0 saturated heterocycles. The molecule has 0 atom stereocenters. The van der Waals surface area contributed by atoms with Crippen molar-refractivity contribution in [2.45, 2.75) is 6.54 Å². The van der Waals surface area contributed by atoms with Gasteiger partial charge in [-0.3, -0.25) is 4.79 Å². The van der Waals surface area contributed by atoms with E-state index >= 15 is 0 Å². The molecule has 0 unspecified atom stereocenters. The van der Waals surface area contributed by atoms with Crippen molar-refractivity contribution < 1.29 is 4.79 Å². The molecule has 0 aromatic heterocycles. The number of carbonyl (C=O) groups is 1. The van der Waals surface area contributed by atoms with E-state index in [0.717, 1.165) is 5.56 Å². The standard InChI is InChI=1S/C14H14ClN3O/c15-13-5-4-10(17)7-12(13)14(19)18-11-3-1-2-9(6-11)8-16/h1-7H,8,16-17H2,(H,18,19). The summed E-state index contributed by atoms with van der Waals surface area (Å²) in [6.45, 7) is 0.419. The highest BCUT2D eigenvalue weighted by atomic mass is 35.5. The molecule has 0 aliphatic carbocycles. The lowest BCUT2D eigenvalue weighted by atomic mass is 10.1. The third-order valence-corrected chi connectivity index (χ3v) is 2.99. The summed E-state index contributed by atoms with van der Waals surface area (Å²) in [6.07, 6.45) is 0.